The van der Waals surface area contributed by atoms with E-state index in [1.54, 1.807) is 25.1 Å². The molecule has 162 valence electrons. The van der Waals surface area contributed by atoms with Gasteiger partial charge in [0, 0.05) is 17.5 Å². The largest absolute Gasteiger partial charge is 0.466 e. The molecule has 2 N–H and O–H groups in total. The number of hydrogen-bond donors (Lipinski definition) is 2. The van der Waals surface area contributed by atoms with Crippen molar-refractivity contribution in [3.8, 4) is 0 Å². The van der Waals surface area contributed by atoms with E-state index in [-0.39, 0.29) is 31.4 Å². The van der Waals surface area contributed by atoms with Crippen LogP contribution in [0.1, 0.15) is 36.2 Å². The lowest BCUT2D eigenvalue weighted by atomic mass is 10.0. The van der Waals surface area contributed by atoms with Gasteiger partial charge in [-0.15, -0.1) is 0 Å². The van der Waals surface area contributed by atoms with Crippen LogP contribution in [-0.2, 0) is 22.6 Å². The number of carbonyl (C=O) groups is 2. The van der Waals surface area contributed by atoms with Gasteiger partial charge < -0.3 is 19.9 Å². The van der Waals surface area contributed by atoms with Crippen LogP contribution in [0.25, 0.3) is 0 Å². The third-order valence-corrected chi connectivity index (χ3v) is 4.84. The Bertz CT molecular complexity index is 1000. The van der Waals surface area contributed by atoms with Crippen LogP contribution in [0.5, 0.6) is 0 Å². The van der Waals surface area contributed by atoms with E-state index < -0.39 is 12.1 Å². The van der Waals surface area contributed by atoms with Crippen LogP contribution >= 0.6 is 0 Å². The standard InChI is InChI=1S/C24H26FN3O3/c1-2-31-23(29)15-22(18-9-4-3-5-10-18)27-24(30)26-16-20-12-8-14-28(20)17-19-11-6-7-13-21(19)25/h3-14,22H,2,15-17H2,1H3,(H2,26,27,30)/t22-/m0/s1. The monoisotopic (exact) mass is 423 g/mol. The van der Waals surface area contributed by atoms with Gasteiger partial charge in [-0.2, -0.15) is 0 Å². The summed E-state index contributed by atoms with van der Waals surface area (Å²) in [7, 11) is 0. The molecular formula is C24H26FN3O3. The van der Waals surface area contributed by atoms with Crippen molar-refractivity contribution < 1.29 is 18.7 Å². The van der Waals surface area contributed by atoms with Gasteiger partial charge in [0.25, 0.3) is 0 Å². The van der Waals surface area contributed by atoms with Gasteiger partial charge in [-0.25, -0.2) is 9.18 Å². The first-order valence-electron chi connectivity index (χ1n) is 10.2. The summed E-state index contributed by atoms with van der Waals surface area (Å²) >= 11 is 0. The third-order valence-electron chi connectivity index (χ3n) is 4.84. The van der Waals surface area contributed by atoms with Gasteiger partial charge in [0.05, 0.1) is 32.2 Å². The molecule has 1 heterocycles. The molecule has 1 atom stereocenters. The number of rotatable bonds is 9. The van der Waals surface area contributed by atoms with Gasteiger partial charge in [0.2, 0.25) is 0 Å². The first kappa shape index (κ1) is 22.1. The van der Waals surface area contributed by atoms with Crippen LogP contribution in [0.3, 0.4) is 0 Å². The minimum absolute atomic E-state index is 0.0366. The summed E-state index contributed by atoms with van der Waals surface area (Å²) in [5, 5.41) is 5.66. The lowest BCUT2D eigenvalue weighted by molar-refractivity contribution is -0.143. The molecule has 0 saturated carbocycles. The lowest BCUT2D eigenvalue weighted by Gasteiger charge is -2.19. The third kappa shape index (κ3) is 6.44. The second kappa shape index (κ2) is 11.0. The number of halogens is 1. The first-order valence-corrected chi connectivity index (χ1v) is 10.2. The maximum atomic E-state index is 14.0. The van der Waals surface area contributed by atoms with Crippen LogP contribution in [0.2, 0.25) is 0 Å². The quantitative estimate of drug-likeness (QED) is 0.508. The molecule has 0 radical (unpaired) electrons. The van der Waals surface area contributed by atoms with Crippen molar-refractivity contribution in [2.75, 3.05) is 6.61 Å². The Morgan fingerprint density at radius 3 is 2.52 bits per heavy atom. The van der Waals surface area contributed by atoms with Crippen LogP contribution in [0.15, 0.2) is 72.9 Å². The molecule has 0 unspecified atom stereocenters. The molecule has 0 bridgehead atoms. The maximum Gasteiger partial charge on any atom is 0.315 e. The number of hydrogen-bond acceptors (Lipinski definition) is 3. The zero-order valence-corrected chi connectivity index (χ0v) is 17.4. The van der Waals surface area contributed by atoms with Gasteiger partial charge in [-0.05, 0) is 30.7 Å². The zero-order chi connectivity index (χ0) is 22.1. The summed E-state index contributed by atoms with van der Waals surface area (Å²) in [6, 6.07) is 18.7. The summed E-state index contributed by atoms with van der Waals surface area (Å²) in [5.41, 5.74) is 2.22. The van der Waals surface area contributed by atoms with Gasteiger partial charge in [0.15, 0.2) is 0 Å². The van der Waals surface area contributed by atoms with E-state index in [2.05, 4.69) is 10.6 Å². The van der Waals surface area contributed by atoms with E-state index in [0.29, 0.717) is 12.1 Å². The Morgan fingerprint density at radius 1 is 1.03 bits per heavy atom. The SMILES string of the molecule is CCOC(=O)C[C@H](NC(=O)NCc1cccn1Cc1ccccc1F)c1ccccc1. The van der Waals surface area contributed by atoms with E-state index in [1.165, 1.54) is 6.07 Å². The topological polar surface area (TPSA) is 72.4 Å². The number of carbonyl (C=O) groups excluding carboxylic acids is 2. The smallest absolute Gasteiger partial charge is 0.315 e. The predicted octanol–water partition coefficient (Wildman–Crippen LogP) is 4.17. The number of nitrogens with zero attached hydrogens (tertiary/aromatic N) is 1. The van der Waals surface area contributed by atoms with Crippen LogP contribution in [-0.4, -0.2) is 23.2 Å². The van der Waals surface area contributed by atoms with Crippen molar-refractivity contribution in [1.29, 1.82) is 0 Å². The Morgan fingerprint density at radius 2 is 1.77 bits per heavy atom. The summed E-state index contributed by atoms with van der Waals surface area (Å²) in [6.07, 6.45) is 1.88. The van der Waals surface area contributed by atoms with Crippen LogP contribution < -0.4 is 10.6 Å². The van der Waals surface area contributed by atoms with Crippen molar-refractivity contribution in [2.24, 2.45) is 0 Å². The van der Waals surface area contributed by atoms with Gasteiger partial charge in [-0.3, -0.25) is 4.79 Å². The average Bonchev–Trinajstić information content (AvgIpc) is 3.21. The minimum Gasteiger partial charge on any atom is -0.466 e. The molecule has 0 aliphatic heterocycles. The number of aromatic nitrogens is 1. The van der Waals surface area contributed by atoms with Gasteiger partial charge in [0.1, 0.15) is 5.82 Å². The first-order chi connectivity index (χ1) is 15.1. The number of amides is 2. The fourth-order valence-corrected chi connectivity index (χ4v) is 3.28. The lowest BCUT2D eigenvalue weighted by Crippen LogP contribution is -2.38. The highest BCUT2D eigenvalue weighted by atomic mass is 19.1. The Hall–Kier alpha value is -3.61. The molecular weight excluding hydrogens is 397 g/mol. The molecule has 7 heteroatoms. The predicted molar refractivity (Wildman–Crippen MR) is 116 cm³/mol. The normalized spacial score (nSPS) is 11.5. The Balaban J connectivity index is 1.61. The van der Waals surface area contributed by atoms with Crippen molar-refractivity contribution in [1.82, 2.24) is 15.2 Å². The summed E-state index contributed by atoms with van der Waals surface area (Å²) in [6.45, 7) is 2.65. The second-order valence-electron chi connectivity index (χ2n) is 7.02. The van der Waals surface area contributed by atoms with Crippen molar-refractivity contribution in [3.05, 3.63) is 95.6 Å². The number of benzene rings is 2. The van der Waals surface area contributed by atoms with E-state index in [0.717, 1.165) is 11.3 Å². The highest BCUT2D eigenvalue weighted by Gasteiger charge is 2.19. The molecule has 31 heavy (non-hydrogen) atoms. The number of urea groups is 1. The second-order valence-corrected chi connectivity index (χ2v) is 7.02. The fraction of sp³-hybridized carbons (Fsp3) is 0.250. The highest BCUT2D eigenvalue weighted by Crippen LogP contribution is 2.17. The molecule has 3 rings (SSSR count). The number of nitrogens with one attached hydrogen (secondary N) is 2. The zero-order valence-electron chi connectivity index (χ0n) is 17.4. The average molecular weight is 423 g/mol. The minimum atomic E-state index is -0.509. The molecule has 1 aromatic heterocycles. The van der Waals surface area contributed by atoms with Crippen molar-refractivity contribution in [3.63, 3.8) is 0 Å². The van der Waals surface area contributed by atoms with Gasteiger partial charge in [-0.1, -0.05) is 48.5 Å². The van der Waals surface area contributed by atoms with E-state index >= 15 is 0 Å². The summed E-state index contributed by atoms with van der Waals surface area (Å²) < 4.78 is 20.9. The Labute approximate surface area is 181 Å². The molecule has 2 amide bonds. The molecule has 0 spiro atoms. The molecule has 6 nitrogen and oxygen atoms in total. The van der Waals surface area contributed by atoms with Crippen molar-refractivity contribution in [2.45, 2.75) is 32.5 Å². The molecule has 0 saturated heterocycles. The maximum absolute atomic E-state index is 14.0. The molecule has 0 aliphatic carbocycles. The molecule has 3 aromatic rings. The number of ether oxygens (including phenoxy) is 1. The Kier molecular flexibility index (Phi) is 7.81. The summed E-state index contributed by atoms with van der Waals surface area (Å²) in [4.78, 5) is 24.5. The van der Waals surface area contributed by atoms with Crippen LogP contribution in [0.4, 0.5) is 9.18 Å². The molecule has 0 aliphatic rings. The number of esters is 1. The summed E-state index contributed by atoms with van der Waals surface area (Å²) in [5.74, 6) is -0.645. The van der Waals surface area contributed by atoms with E-state index in [1.807, 2.05) is 53.2 Å². The highest BCUT2D eigenvalue weighted by molar-refractivity contribution is 5.76. The van der Waals surface area contributed by atoms with E-state index in [9.17, 15) is 14.0 Å². The van der Waals surface area contributed by atoms with Gasteiger partial charge >= 0.3 is 12.0 Å². The fourth-order valence-electron chi connectivity index (χ4n) is 3.28. The van der Waals surface area contributed by atoms with Crippen LogP contribution in [0, 0.1) is 5.82 Å². The van der Waals surface area contributed by atoms with Crippen molar-refractivity contribution >= 4 is 12.0 Å². The van der Waals surface area contributed by atoms with E-state index in [4.69, 9.17) is 4.74 Å². The molecule has 0 fully saturated rings. The molecule has 2 aromatic carbocycles.